The number of hydrogen-bond acceptors (Lipinski definition) is 5. The van der Waals surface area contributed by atoms with Gasteiger partial charge in [-0.2, -0.15) is 0 Å². The van der Waals surface area contributed by atoms with Crippen molar-refractivity contribution in [1.82, 2.24) is 15.2 Å². The fraction of sp³-hybridized carbons (Fsp3) is 0.438. The highest BCUT2D eigenvalue weighted by molar-refractivity contribution is 7.18. The lowest BCUT2D eigenvalue weighted by Gasteiger charge is -2.31. The molecule has 0 bridgehead atoms. The lowest BCUT2D eigenvalue weighted by Crippen LogP contribution is -2.46. The molecule has 3 rings (SSSR count). The number of fused-ring (bicyclic) bond motifs is 1. The van der Waals surface area contributed by atoms with E-state index < -0.39 is 5.97 Å². The summed E-state index contributed by atoms with van der Waals surface area (Å²) in [6.45, 7) is 1.23. The third-order valence-electron chi connectivity index (χ3n) is 3.98. The Hall–Kier alpha value is -2.15. The Balaban J connectivity index is 1.65. The number of rotatable bonds is 3. The molecule has 0 aliphatic carbocycles. The van der Waals surface area contributed by atoms with E-state index in [4.69, 9.17) is 4.98 Å². The molecule has 1 aromatic carbocycles. The Morgan fingerprint density at radius 3 is 3.04 bits per heavy atom. The van der Waals surface area contributed by atoms with E-state index in [0.29, 0.717) is 13.1 Å². The molecular formula is C16H19N3O3S. The summed E-state index contributed by atoms with van der Waals surface area (Å²) in [6, 6.07) is 7.86. The minimum absolute atomic E-state index is 0.0996. The number of carbonyl (C=O) groups is 2. The number of para-hydroxylation sites is 1. The van der Waals surface area contributed by atoms with Crippen molar-refractivity contribution in [3.05, 3.63) is 29.3 Å². The van der Waals surface area contributed by atoms with Gasteiger partial charge in [0, 0.05) is 19.0 Å². The smallest absolute Gasteiger partial charge is 0.325 e. The maximum absolute atomic E-state index is 12.2. The zero-order valence-electron chi connectivity index (χ0n) is 12.9. The first-order valence-corrected chi connectivity index (χ1v) is 8.44. The van der Waals surface area contributed by atoms with Crippen LogP contribution in [-0.4, -0.2) is 48.6 Å². The third kappa shape index (κ3) is 3.61. The first-order chi connectivity index (χ1) is 11.2. The standard InChI is InChI=1S/C16H19N3O3S/c1-22-14(20)9-17-16(21)19-8-4-5-11(10-19)15-18-12-6-2-3-7-13(12)23-15/h2-3,6-7,11H,4-5,8-10H2,1H3,(H,17,21)/t11-/m1/s1. The zero-order valence-corrected chi connectivity index (χ0v) is 13.8. The maximum atomic E-state index is 12.2. The number of thiazole rings is 1. The van der Waals surface area contributed by atoms with Crippen molar-refractivity contribution in [3.8, 4) is 0 Å². The Labute approximate surface area is 138 Å². The molecule has 1 atom stereocenters. The average molecular weight is 333 g/mol. The van der Waals surface area contributed by atoms with Crippen LogP contribution in [0.1, 0.15) is 23.8 Å². The number of carbonyl (C=O) groups excluding carboxylic acids is 2. The summed E-state index contributed by atoms with van der Waals surface area (Å²) in [5.74, 6) is -0.192. The number of esters is 1. The first kappa shape index (κ1) is 15.7. The number of methoxy groups -OCH3 is 1. The Kier molecular flexibility index (Phi) is 4.76. The highest BCUT2D eigenvalue weighted by Gasteiger charge is 2.27. The summed E-state index contributed by atoms with van der Waals surface area (Å²) >= 11 is 1.70. The van der Waals surface area contributed by atoms with E-state index in [1.54, 1.807) is 16.2 Å². The second-order valence-electron chi connectivity index (χ2n) is 5.54. The molecule has 1 aliphatic rings. The molecule has 0 saturated carbocycles. The van der Waals surface area contributed by atoms with Gasteiger partial charge in [0.25, 0.3) is 0 Å². The molecular weight excluding hydrogens is 314 g/mol. The first-order valence-electron chi connectivity index (χ1n) is 7.62. The van der Waals surface area contributed by atoms with Gasteiger partial charge in [0.15, 0.2) is 0 Å². The van der Waals surface area contributed by atoms with Crippen LogP contribution in [0.25, 0.3) is 10.2 Å². The molecule has 2 amide bonds. The maximum Gasteiger partial charge on any atom is 0.325 e. The van der Waals surface area contributed by atoms with Gasteiger partial charge in [0.05, 0.1) is 22.3 Å². The number of ether oxygens (including phenoxy) is 1. The van der Waals surface area contributed by atoms with E-state index in [2.05, 4.69) is 16.1 Å². The molecule has 1 saturated heterocycles. The number of benzene rings is 1. The van der Waals surface area contributed by atoms with Crippen molar-refractivity contribution in [2.45, 2.75) is 18.8 Å². The van der Waals surface area contributed by atoms with Crippen molar-refractivity contribution in [2.75, 3.05) is 26.7 Å². The van der Waals surface area contributed by atoms with Crippen LogP contribution in [0.15, 0.2) is 24.3 Å². The van der Waals surface area contributed by atoms with Crippen LogP contribution >= 0.6 is 11.3 Å². The van der Waals surface area contributed by atoms with Gasteiger partial charge >= 0.3 is 12.0 Å². The summed E-state index contributed by atoms with van der Waals surface area (Å²) in [6.07, 6.45) is 1.97. The SMILES string of the molecule is COC(=O)CNC(=O)N1CCC[C@@H](c2nc3ccccc3s2)C1. The fourth-order valence-electron chi connectivity index (χ4n) is 2.76. The van der Waals surface area contributed by atoms with E-state index in [1.165, 1.54) is 11.8 Å². The van der Waals surface area contributed by atoms with Gasteiger partial charge in [0.2, 0.25) is 0 Å². The van der Waals surface area contributed by atoms with Crippen LogP contribution in [0.2, 0.25) is 0 Å². The minimum Gasteiger partial charge on any atom is -0.468 e. The van der Waals surface area contributed by atoms with E-state index in [1.807, 2.05) is 18.2 Å². The summed E-state index contributed by atoms with van der Waals surface area (Å²) in [5.41, 5.74) is 1.01. The predicted molar refractivity (Wildman–Crippen MR) is 88.6 cm³/mol. The Morgan fingerprint density at radius 2 is 2.26 bits per heavy atom. The predicted octanol–water partition coefficient (Wildman–Crippen LogP) is 2.36. The quantitative estimate of drug-likeness (QED) is 0.875. The summed E-state index contributed by atoms with van der Waals surface area (Å²) in [5, 5.41) is 3.68. The second kappa shape index (κ2) is 6.95. The fourth-order valence-corrected chi connectivity index (χ4v) is 3.85. The molecule has 0 radical (unpaired) electrons. The number of piperidine rings is 1. The molecule has 23 heavy (non-hydrogen) atoms. The van der Waals surface area contributed by atoms with E-state index in [-0.39, 0.29) is 18.5 Å². The molecule has 0 spiro atoms. The largest absolute Gasteiger partial charge is 0.468 e. The van der Waals surface area contributed by atoms with Crippen LogP contribution in [0.4, 0.5) is 4.79 Å². The molecule has 0 unspecified atom stereocenters. The van der Waals surface area contributed by atoms with Gasteiger partial charge in [-0.15, -0.1) is 11.3 Å². The van der Waals surface area contributed by atoms with Crippen LogP contribution in [0.5, 0.6) is 0 Å². The monoisotopic (exact) mass is 333 g/mol. The molecule has 1 aliphatic heterocycles. The minimum atomic E-state index is -0.446. The number of hydrogen-bond donors (Lipinski definition) is 1. The van der Waals surface area contributed by atoms with Crippen LogP contribution in [0.3, 0.4) is 0 Å². The van der Waals surface area contributed by atoms with Gasteiger partial charge < -0.3 is 15.0 Å². The van der Waals surface area contributed by atoms with Crippen LogP contribution < -0.4 is 5.32 Å². The molecule has 2 aromatic rings. The number of urea groups is 1. The molecule has 1 aromatic heterocycles. The zero-order chi connectivity index (χ0) is 16.2. The highest BCUT2D eigenvalue weighted by atomic mass is 32.1. The lowest BCUT2D eigenvalue weighted by atomic mass is 9.99. The van der Waals surface area contributed by atoms with Crippen molar-refractivity contribution >= 4 is 33.6 Å². The van der Waals surface area contributed by atoms with E-state index in [9.17, 15) is 9.59 Å². The van der Waals surface area contributed by atoms with Gasteiger partial charge in [-0.3, -0.25) is 4.79 Å². The van der Waals surface area contributed by atoms with Crippen molar-refractivity contribution in [3.63, 3.8) is 0 Å². The Bertz CT molecular complexity index is 682. The molecule has 1 N–H and O–H groups in total. The van der Waals surface area contributed by atoms with Gasteiger partial charge in [-0.05, 0) is 25.0 Å². The van der Waals surface area contributed by atoms with E-state index >= 15 is 0 Å². The molecule has 122 valence electrons. The van der Waals surface area contributed by atoms with Crippen LogP contribution in [-0.2, 0) is 9.53 Å². The number of nitrogens with zero attached hydrogens (tertiary/aromatic N) is 2. The van der Waals surface area contributed by atoms with Gasteiger partial charge in [0.1, 0.15) is 6.54 Å². The van der Waals surface area contributed by atoms with Gasteiger partial charge in [-0.25, -0.2) is 9.78 Å². The third-order valence-corrected chi connectivity index (χ3v) is 5.18. The van der Waals surface area contributed by atoms with Crippen molar-refractivity contribution < 1.29 is 14.3 Å². The van der Waals surface area contributed by atoms with Crippen molar-refractivity contribution in [1.29, 1.82) is 0 Å². The van der Waals surface area contributed by atoms with Gasteiger partial charge in [-0.1, -0.05) is 12.1 Å². The molecule has 6 nitrogen and oxygen atoms in total. The number of likely N-dealkylation sites (tertiary alicyclic amines) is 1. The normalized spacial score (nSPS) is 18.0. The average Bonchev–Trinajstić information content (AvgIpc) is 3.03. The topological polar surface area (TPSA) is 71.5 Å². The molecule has 2 heterocycles. The van der Waals surface area contributed by atoms with E-state index in [0.717, 1.165) is 23.4 Å². The second-order valence-corrected chi connectivity index (χ2v) is 6.60. The van der Waals surface area contributed by atoms with Crippen LogP contribution in [0, 0.1) is 0 Å². The van der Waals surface area contributed by atoms with Crippen molar-refractivity contribution in [2.24, 2.45) is 0 Å². The summed E-state index contributed by atoms with van der Waals surface area (Å²) in [4.78, 5) is 29.7. The Morgan fingerprint density at radius 1 is 1.43 bits per heavy atom. The summed E-state index contributed by atoms with van der Waals surface area (Å²) in [7, 11) is 1.30. The number of amides is 2. The number of nitrogens with one attached hydrogen (secondary N) is 1. The number of aromatic nitrogens is 1. The highest BCUT2D eigenvalue weighted by Crippen LogP contribution is 2.32. The molecule has 7 heteroatoms. The molecule has 1 fully saturated rings. The lowest BCUT2D eigenvalue weighted by molar-refractivity contribution is -0.139. The summed E-state index contributed by atoms with van der Waals surface area (Å²) < 4.78 is 5.71.